The summed E-state index contributed by atoms with van der Waals surface area (Å²) in [4.78, 5) is 1.32. The molecular formula is C16H17BO2S. The maximum atomic E-state index is 9.06. The van der Waals surface area contributed by atoms with E-state index in [4.69, 9.17) is 10.0 Å². The van der Waals surface area contributed by atoms with E-state index in [0.717, 1.165) is 5.75 Å². The van der Waals surface area contributed by atoms with Crippen LogP contribution in [0.25, 0.3) is 0 Å². The maximum absolute atomic E-state index is 9.06. The summed E-state index contributed by atoms with van der Waals surface area (Å²) >= 11 is 1.83. The van der Waals surface area contributed by atoms with Crippen LogP contribution in [-0.2, 0) is 18.6 Å². The lowest BCUT2D eigenvalue weighted by atomic mass is 9.80. The predicted molar refractivity (Wildman–Crippen MR) is 84.3 cm³/mol. The van der Waals surface area contributed by atoms with E-state index in [-0.39, 0.29) is 0 Å². The normalized spacial score (nSPS) is 13.3. The van der Waals surface area contributed by atoms with Gasteiger partial charge in [0.2, 0.25) is 0 Å². The number of rotatable bonds is 4. The van der Waals surface area contributed by atoms with Gasteiger partial charge in [-0.1, -0.05) is 30.3 Å². The lowest BCUT2D eigenvalue weighted by Crippen LogP contribution is -2.29. The zero-order valence-electron chi connectivity index (χ0n) is 11.2. The van der Waals surface area contributed by atoms with Crippen LogP contribution in [0.1, 0.15) is 23.1 Å². The number of thioether (sulfide) groups is 1. The molecule has 0 amide bonds. The van der Waals surface area contributed by atoms with Crippen LogP contribution >= 0.6 is 11.8 Å². The van der Waals surface area contributed by atoms with Crippen LogP contribution in [0.15, 0.2) is 47.4 Å². The largest absolute Gasteiger partial charge is 0.488 e. The lowest BCUT2D eigenvalue weighted by Gasteiger charge is -2.06. The molecule has 0 atom stereocenters. The molecule has 2 aromatic carbocycles. The Morgan fingerprint density at radius 3 is 2.45 bits per heavy atom. The van der Waals surface area contributed by atoms with Crippen molar-refractivity contribution < 1.29 is 10.0 Å². The molecular weight excluding hydrogens is 267 g/mol. The Balaban J connectivity index is 1.64. The van der Waals surface area contributed by atoms with Crippen molar-refractivity contribution in [3.05, 3.63) is 59.2 Å². The zero-order chi connectivity index (χ0) is 13.9. The van der Waals surface area contributed by atoms with Crippen LogP contribution in [0, 0.1) is 0 Å². The number of hydrogen-bond acceptors (Lipinski definition) is 3. The standard InChI is InChI=1S/C16H17BO2S/c18-17(19)15-7-4-12(5-8-15)11-20-16-9-6-13-2-1-3-14(13)10-16/h4-10,18-19H,1-3,11H2. The first-order valence-electron chi connectivity index (χ1n) is 6.92. The van der Waals surface area contributed by atoms with Crippen molar-refractivity contribution in [2.75, 3.05) is 0 Å². The second-order valence-electron chi connectivity index (χ2n) is 5.19. The summed E-state index contributed by atoms with van der Waals surface area (Å²) in [7, 11) is -1.38. The monoisotopic (exact) mass is 284 g/mol. The molecule has 0 saturated heterocycles. The van der Waals surface area contributed by atoms with Gasteiger partial charge in [-0.2, -0.15) is 0 Å². The van der Waals surface area contributed by atoms with Gasteiger partial charge in [-0.15, -0.1) is 11.8 Å². The van der Waals surface area contributed by atoms with Gasteiger partial charge in [-0.05, 0) is 53.5 Å². The molecule has 0 aromatic heterocycles. The van der Waals surface area contributed by atoms with Crippen molar-refractivity contribution in [2.24, 2.45) is 0 Å². The summed E-state index contributed by atoms with van der Waals surface area (Å²) in [5, 5.41) is 18.1. The number of hydrogen-bond donors (Lipinski definition) is 2. The fourth-order valence-electron chi connectivity index (χ4n) is 2.59. The molecule has 1 aliphatic carbocycles. The molecule has 2 aromatic rings. The smallest absolute Gasteiger partial charge is 0.423 e. The molecule has 0 bridgehead atoms. The highest BCUT2D eigenvalue weighted by atomic mass is 32.2. The maximum Gasteiger partial charge on any atom is 0.488 e. The van der Waals surface area contributed by atoms with E-state index < -0.39 is 7.12 Å². The molecule has 0 unspecified atom stereocenters. The molecule has 0 spiro atoms. The van der Waals surface area contributed by atoms with E-state index in [9.17, 15) is 0 Å². The number of fused-ring (bicyclic) bond motifs is 1. The second kappa shape index (κ2) is 6.04. The fourth-order valence-corrected chi connectivity index (χ4v) is 3.51. The Labute approximate surface area is 124 Å². The molecule has 2 N–H and O–H groups in total. The molecule has 1 aliphatic rings. The summed E-state index contributed by atoms with van der Waals surface area (Å²) in [5.41, 5.74) is 4.75. The Morgan fingerprint density at radius 2 is 1.70 bits per heavy atom. The first-order valence-corrected chi connectivity index (χ1v) is 7.90. The predicted octanol–water partition coefficient (Wildman–Crippen LogP) is 2.15. The van der Waals surface area contributed by atoms with Gasteiger partial charge >= 0.3 is 7.12 Å². The van der Waals surface area contributed by atoms with Crippen molar-refractivity contribution in [1.82, 2.24) is 0 Å². The quantitative estimate of drug-likeness (QED) is 0.667. The zero-order valence-corrected chi connectivity index (χ0v) is 12.1. The first-order chi connectivity index (χ1) is 9.72. The Hall–Kier alpha value is -1.23. The highest BCUT2D eigenvalue weighted by Gasteiger charge is 2.11. The SMILES string of the molecule is OB(O)c1ccc(CSc2ccc3c(c2)CCC3)cc1. The highest BCUT2D eigenvalue weighted by Crippen LogP contribution is 2.29. The molecule has 102 valence electrons. The van der Waals surface area contributed by atoms with Gasteiger partial charge in [0.1, 0.15) is 0 Å². The van der Waals surface area contributed by atoms with Crippen LogP contribution < -0.4 is 5.46 Å². The molecule has 3 rings (SSSR count). The minimum absolute atomic E-state index is 0.538. The van der Waals surface area contributed by atoms with Gasteiger partial charge in [0.25, 0.3) is 0 Å². The van der Waals surface area contributed by atoms with Crippen LogP contribution in [0.3, 0.4) is 0 Å². The van der Waals surface area contributed by atoms with Gasteiger partial charge in [0.15, 0.2) is 0 Å². The molecule has 2 nitrogen and oxygen atoms in total. The fraction of sp³-hybridized carbons (Fsp3) is 0.250. The molecule has 0 heterocycles. The third-order valence-corrected chi connectivity index (χ3v) is 4.82. The summed E-state index contributed by atoms with van der Waals surface area (Å²) in [5.74, 6) is 0.903. The number of aryl methyl sites for hydroxylation is 2. The van der Waals surface area contributed by atoms with E-state index in [1.165, 1.54) is 40.8 Å². The lowest BCUT2D eigenvalue weighted by molar-refractivity contribution is 0.426. The van der Waals surface area contributed by atoms with Crippen molar-refractivity contribution in [3.8, 4) is 0 Å². The van der Waals surface area contributed by atoms with Crippen molar-refractivity contribution >= 4 is 24.3 Å². The van der Waals surface area contributed by atoms with E-state index >= 15 is 0 Å². The van der Waals surface area contributed by atoms with Gasteiger partial charge in [0, 0.05) is 10.6 Å². The molecule has 0 aliphatic heterocycles. The Morgan fingerprint density at radius 1 is 0.950 bits per heavy atom. The van der Waals surface area contributed by atoms with Crippen molar-refractivity contribution in [2.45, 2.75) is 29.9 Å². The molecule has 0 saturated carbocycles. The van der Waals surface area contributed by atoms with E-state index in [1.54, 1.807) is 12.1 Å². The summed E-state index contributed by atoms with van der Waals surface area (Å²) in [6.07, 6.45) is 3.73. The minimum Gasteiger partial charge on any atom is -0.423 e. The third kappa shape index (κ3) is 3.09. The van der Waals surface area contributed by atoms with Crippen LogP contribution in [0.2, 0.25) is 0 Å². The minimum atomic E-state index is -1.38. The summed E-state index contributed by atoms with van der Waals surface area (Å²) < 4.78 is 0. The Bertz CT molecular complexity index is 596. The summed E-state index contributed by atoms with van der Waals surface area (Å²) in [6, 6.07) is 14.2. The van der Waals surface area contributed by atoms with Crippen LogP contribution in [0.5, 0.6) is 0 Å². The first kappa shape index (κ1) is 13.7. The van der Waals surface area contributed by atoms with E-state index in [2.05, 4.69) is 18.2 Å². The van der Waals surface area contributed by atoms with E-state index in [1.807, 2.05) is 23.9 Å². The van der Waals surface area contributed by atoms with Crippen LogP contribution in [-0.4, -0.2) is 17.2 Å². The van der Waals surface area contributed by atoms with Gasteiger partial charge in [-0.3, -0.25) is 0 Å². The molecule has 20 heavy (non-hydrogen) atoms. The average Bonchev–Trinajstić information content (AvgIpc) is 2.93. The van der Waals surface area contributed by atoms with Crippen LogP contribution in [0.4, 0.5) is 0 Å². The average molecular weight is 284 g/mol. The highest BCUT2D eigenvalue weighted by molar-refractivity contribution is 7.98. The van der Waals surface area contributed by atoms with E-state index in [0.29, 0.717) is 5.46 Å². The molecule has 4 heteroatoms. The van der Waals surface area contributed by atoms with Crippen molar-refractivity contribution in [3.63, 3.8) is 0 Å². The summed E-state index contributed by atoms with van der Waals surface area (Å²) in [6.45, 7) is 0. The van der Waals surface area contributed by atoms with Gasteiger partial charge < -0.3 is 10.0 Å². The molecule has 0 radical (unpaired) electrons. The second-order valence-corrected chi connectivity index (χ2v) is 6.24. The Kier molecular flexibility index (Phi) is 4.15. The topological polar surface area (TPSA) is 40.5 Å². The van der Waals surface area contributed by atoms with Gasteiger partial charge in [-0.25, -0.2) is 0 Å². The molecule has 0 fully saturated rings. The third-order valence-electron chi connectivity index (χ3n) is 3.75. The number of benzene rings is 2. The van der Waals surface area contributed by atoms with Crippen molar-refractivity contribution in [1.29, 1.82) is 0 Å². The van der Waals surface area contributed by atoms with Gasteiger partial charge in [0.05, 0.1) is 0 Å².